The maximum absolute atomic E-state index is 12.4. The molecule has 2 aromatic carbocycles. The maximum atomic E-state index is 12.4. The lowest BCUT2D eigenvalue weighted by Crippen LogP contribution is -2.25. The van der Waals surface area contributed by atoms with Gasteiger partial charge >= 0.3 is 0 Å². The van der Waals surface area contributed by atoms with Crippen LogP contribution >= 0.6 is 0 Å². The van der Waals surface area contributed by atoms with Crippen molar-refractivity contribution < 1.29 is 4.79 Å². The summed E-state index contributed by atoms with van der Waals surface area (Å²) in [6.45, 7) is 6.55. The number of carbonyl (C=O) groups excluding carboxylic acids is 1. The minimum atomic E-state index is 0.0332. The van der Waals surface area contributed by atoms with E-state index in [1.165, 1.54) is 5.56 Å². The smallest absolute Gasteiger partial charge is 0.224 e. The number of nitrogens with zero attached hydrogens (tertiary/aromatic N) is 2. The molecule has 0 saturated carbocycles. The fourth-order valence-electron chi connectivity index (χ4n) is 2.95. The van der Waals surface area contributed by atoms with Crippen LogP contribution in [0.3, 0.4) is 0 Å². The third-order valence-corrected chi connectivity index (χ3v) is 4.41. The molecule has 3 rings (SSSR count). The molecule has 0 aliphatic carbocycles. The number of aromatic nitrogens is 2. The van der Waals surface area contributed by atoms with Gasteiger partial charge in [0, 0.05) is 18.9 Å². The predicted molar refractivity (Wildman–Crippen MR) is 99.8 cm³/mol. The first kappa shape index (κ1) is 17.0. The van der Waals surface area contributed by atoms with E-state index in [1.807, 2.05) is 55.8 Å². The van der Waals surface area contributed by atoms with Crippen LogP contribution in [0.2, 0.25) is 0 Å². The molecular formula is C21H23N3O. The summed E-state index contributed by atoms with van der Waals surface area (Å²) in [5.74, 6) is 0.958. The summed E-state index contributed by atoms with van der Waals surface area (Å²) in [4.78, 5) is 16.7. The summed E-state index contributed by atoms with van der Waals surface area (Å²) in [7, 11) is 0. The van der Waals surface area contributed by atoms with Crippen molar-refractivity contribution in [2.45, 2.75) is 33.7 Å². The number of imidazole rings is 1. The molecule has 0 aliphatic rings. The molecular weight excluding hydrogens is 310 g/mol. The molecule has 0 atom stereocenters. The Morgan fingerprint density at radius 2 is 1.88 bits per heavy atom. The van der Waals surface area contributed by atoms with Crippen molar-refractivity contribution in [3.8, 4) is 5.69 Å². The first-order chi connectivity index (χ1) is 12.0. The fourth-order valence-corrected chi connectivity index (χ4v) is 2.95. The third kappa shape index (κ3) is 3.97. The van der Waals surface area contributed by atoms with Crippen molar-refractivity contribution in [2.75, 3.05) is 0 Å². The zero-order chi connectivity index (χ0) is 17.8. The van der Waals surface area contributed by atoms with Crippen LogP contribution < -0.4 is 5.32 Å². The molecule has 4 nitrogen and oxygen atoms in total. The van der Waals surface area contributed by atoms with Crippen molar-refractivity contribution in [2.24, 2.45) is 0 Å². The highest BCUT2D eigenvalue weighted by atomic mass is 16.1. The molecule has 1 heterocycles. The van der Waals surface area contributed by atoms with Crippen molar-refractivity contribution in [3.05, 3.63) is 82.9 Å². The summed E-state index contributed by atoms with van der Waals surface area (Å²) in [5, 5.41) is 3.04. The summed E-state index contributed by atoms with van der Waals surface area (Å²) in [6, 6.07) is 14.3. The average Bonchev–Trinajstić information content (AvgIpc) is 3.02. The molecule has 128 valence electrons. The Morgan fingerprint density at radius 3 is 2.64 bits per heavy atom. The van der Waals surface area contributed by atoms with Gasteiger partial charge in [0.05, 0.1) is 12.1 Å². The molecule has 1 amide bonds. The monoisotopic (exact) mass is 333 g/mol. The van der Waals surface area contributed by atoms with Crippen LogP contribution in [0.15, 0.2) is 54.9 Å². The number of carbonyl (C=O) groups is 1. The number of hydrogen-bond donors (Lipinski definition) is 1. The van der Waals surface area contributed by atoms with E-state index in [0.717, 1.165) is 28.2 Å². The van der Waals surface area contributed by atoms with Crippen LogP contribution in [0.4, 0.5) is 0 Å². The highest BCUT2D eigenvalue weighted by molar-refractivity contribution is 5.79. The summed E-state index contributed by atoms with van der Waals surface area (Å²) in [6.07, 6.45) is 4.12. The van der Waals surface area contributed by atoms with Gasteiger partial charge in [-0.3, -0.25) is 4.79 Å². The second-order valence-electron chi connectivity index (χ2n) is 6.36. The molecule has 1 N–H and O–H groups in total. The highest BCUT2D eigenvalue weighted by Crippen LogP contribution is 2.16. The quantitative estimate of drug-likeness (QED) is 0.774. The van der Waals surface area contributed by atoms with E-state index < -0.39 is 0 Å². The lowest BCUT2D eigenvalue weighted by molar-refractivity contribution is -0.120. The normalized spacial score (nSPS) is 10.7. The van der Waals surface area contributed by atoms with E-state index in [-0.39, 0.29) is 5.91 Å². The maximum Gasteiger partial charge on any atom is 0.224 e. The van der Waals surface area contributed by atoms with Crippen molar-refractivity contribution >= 4 is 5.91 Å². The second-order valence-corrected chi connectivity index (χ2v) is 6.36. The number of benzene rings is 2. The van der Waals surface area contributed by atoms with E-state index in [0.29, 0.717) is 13.0 Å². The van der Waals surface area contributed by atoms with Crippen molar-refractivity contribution in [3.63, 3.8) is 0 Å². The molecule has 0 unspecified atom stereocenters. The van der Waals surface area contributed by atoms with E-state index >= 15 is 0 Å². The van der Waals surface area contributed by atoms with Gasteiger partial charge in [-0.15, -0.1) is 0 Å². The first-order valence-corrected chi connectivity index (χ1v) is 8.45. The van der Waals surface area contributed by atoms with Crippen LogP contribution in [0.5, 0.6) is 0 Å². The summed E-state index contributed by atoms with van der Waals surface area (Å²) < 4.78 is 2.03. The highest BCUT2D eigenvalue weighted by Gasteiger charge is 2.09. The second kappa shape index (κ2) is 7.34. The van der Waals surface area contributed by atoms with Gasteiger partial charge in [0.25, 0.3) is 0 Å². The Hall–Kier alpha value is -2.88. The van der Waals surface area contributed by atoms with Crippen LogP contribution in [-0.2, 0) is 17.8 Å². The molecule has 1 aromatic heterocycles. The van der Waals surface area contributed by atoms with Crippen LogP contribution in [0, 0.1) is 20.8 Å². The predicted octanol–water partition coefficient (Wildman–Crippen LogP) is 3.66. The van der Waals surface area contributed by atoms with E-state index in [2.05, 4.69) is 28.5 Å². The van der Waals surface area contributed by atoms with Gasteiger partial charge in [-0.05, 0) is 43.5 Å². The standard InChI is InChI=1S/C21H23N3O/c1-15-8-9-16(2)19(12-15)13-21(25)23-14-18-6-4-5-7-20(18)24-11-10-22-17(24)3/h4-12H,13-14H2,1-3H3,(H,23,25). The fraction of sp³-hybridized carbons (Fsp3) is 0.238. The molecule has 0 bridgehead atoms. The van der Waals surface area contributed by atoms with Gasteiger partial charge in [0.15, 0.2) is 0 Å². The molecule has 4 heteroatoms. The van der Waals surface area contributed by atoms with Gasteiger partial charge in [-0.1, -0.05) is 42.0 Å². The number of para-hydroxylation sites is 1. The van der Waals surface area contributed by atoms with Crippen molar-refractivity contribution in [1.82, 2.24) is 14.9 Å². The molecule has 0 radical (unpaired) electrons. The van der Waals surface area contributed by atoms with Crippen LogP contribution in [0.1, 0.15) is 28.1 Å². The summed E-state index contributed by atoms with van der Waals surface area (Å²) in [5.41, 5.74) is 5.52. The van der Waals surface area contributed by atoms with Gasteiger partial charge in [0.2, 0.25) is 5.91 Å². The first-order valence-electron chi connectivity index (χ1n) is 8.45. The van der Waals surface area contributed by atoms with Gasteiger partial charge < -0.3 is 9.88 Å². The molecule has 0 spiro atoms. The number of hydrogen-bond acceptors (Lipinski definition) is 2. The molecule has 3 aromatic rings. The minimum absolute atomic E-state index is 0.0332. The zero-order valence-electron chi connectivity index (χ0n) is 14.9. The molecule has 0 saturated heterocycles. The van der Waals surface area contributed by atoms with Crippen LogP contribution in [-0.4, -0.2) is 15.5 Å². The topological polar surface area (TPSA) is 46.9 Å². The molecule has 0 aliphatic heterocycles. The minimum Gasteiger partial charge on any atom is -0.352 e. The SMILES string of the molecule is Cc1ccc(C)c(CC(=O)NCc2ccccc2-n2ccnc2C)c1. The lowest BCUT2D eigenvalue weighted by Gasteiger charge is -2.13. The van der Waals surface area contributed by atoms with Gasteiger partial charge in [-0.2, -0.15) is 0 Å². The Morgan fingerprint density at radius 1 is 1.08 bits per heavy atom. The summed E-state index contributed by atoms with van der Waals surface area (Å²) >= 11 is 0. The Kier molecular flexibility index (Phi) is 4.98. The lowest BCUT2D eigenvalue weighted by atomic mass is 10.0. The number of nitrogens with one attached hydrogen (secondary N) is 1. The van der Waals surface area contributed by atoms with Crippen LogP contribution in [0.25, 0.3) is 5.69 Å². The zero-order valence-corrected chi connectivity index (χ0v) is 14.9. The van der Waals surface area contributed by atoms with E-state index in [9.17, 15) is 4.79 Å². The van der Waals surface area contributed by atoms with E-state index in [1.54, 1.807) is 6.20 Å². The Balaban J connectivity index is 1.71. The number of amides is 1. The molecule has 0 fully saturated rings. The van der Waals surface area contributed by atoms with Gasteiger partial charge in [0.1, 0.15) is 5.82 Å². The number of aryl methyl sites for hydroxylation is 3. The Labute approximate surface area is 148 Å². The number of rotatable bonds is 5. The van der Waals surface area contributed by atoms with Crippen molar-refractivity contribution in [1.29, 1.82) is 0 Å². The van der Waals surface area contributed by atoms with E-state index in [4.69, 9.17) is 0 Å². The Bertz CT molecular complexity index is 896. The molecule has 25 heavy (non-hydrogen) atoms. The average molecular weight is 333 g/mol. The largest absolute Gasteiger partial charge is 0.352 e. The van der Waals surface area contributed by atoms with Gasteiger partial charge in [-0.25, -0.2) is 4.98 Å². The third-order valence-electron chi connectivity index (χ3n) is 4.41.